The van der Waals surface area contributed by atoms with Crippen LogP contribution in [0.25, 0.3) is 0 Å². The van der Waals surface area contributed by atoms with Crippen molar-refractivity contribution >= 4 is 11.9 Å². The summed E-state index contributed by atoms with van der Waals surface area (Å²) in [7, 11) is 1.56. The largest absolute Gasteiger partial charge is 0.467 e. The number of nitrogens with zero attached hydrogens (tertiary/aromatic N) is 3. The molecule has 1 aromatic heterocycles. The standard InChI is InChI=1S/C14H27N5O/c1-7-15-12-17-13(19-14(18-12)20-6)16-8-11(9(2)3)10(4)5/h9-11H,7-8H2,1-6H3,(H2,15,16,17,18,19). The minimum absolute atomic E-state index is 0.323. The first kappa shape index (κ1) is 16.5. The molecule has 1 heterocycles. The number of hydrogen-bond acceptors (Lipinski definition) is 6. The van der Waals surface area contributed by atoms with E-state index in [-0.39, 0.29) is 0 Å². The maximum absolute atomic E-state index is 5.10. The molecule has 0 aromatic carbocycles. The average Bonchev–Trinajstić information content (AvgIpc) is 2.38. The van der Waals surface area contributed by atoms with E-state index < -0.39 is 0 Å². The summed E-state index contributed by atoms with van der Waals surface area (Å²) in [6.07, 6.45) is 0. The van der Waals surface area contributed by atoms with Gasteiger partial charge in [0.25, 0.3) is 0 Å². The highest BCUT2D eigenvalue weighted by Gasteiger charge is 2.18. The van der Waals surface area contributed by atoms with E-state index in [0.29, 0.717) is 35.7 Å². The smallest absolute Gasteiger partial charge is 0.322 e. The molecular weight excluding hydrogens is 254 g/mol. The maximum Gasteiger partial charge on any atom is 0.322 e. The van der Waals surface area contributed by atoms with Crippen molar-refractivity contribution in [3.63, 3.8) is 0 Å². The van der Waals surface area contributed by atoms with Crippen molar-refractivity contribution in [1.29, 1.82) is 0 Å². The molecule has 1 aromatic rings. The van der Waals surface area contributed by atoms with Crippen LogP contribution in [-0.4, -0.2) is 35.2 Å². The van der Waals surface area contributed by atoms with E-state index in [1.165, 1.54) is 0 Å². The van der Waals surface area contributed by atoms with Gasteiger partial charge in [-0.3, -0.25) is 0 Å². The van der Waals surface area contributed by atoms with Crippen LogP contribution < -0.4 is 15.4 Å². The van der Waals surface area contributed by atoms with Crippen LogP contribution in [0, 0.1) is 17.8 Å². The number of nitrogens with one attached hydrogen (secondary N) is 2. The number of aromatic nitrogens is 3. The van der Waals surface area contributed by atoms with Crippen LogP contribution in [0.4, 0.5) is 11.9 Å². The molecule has 0 aliphatic heterocycles. The second-order valence-corrected chi connectivity index (χ2v) is 5.53. The zero-order valence-electron chi connectivity index (χ0n) is 13.4. The van der Waals surface area contributed by atoms with Gasteiger partial charge in [0.1, 0.15) is 0 Å². The van der Waals surface area contributed by atoms with E-state index in [0.717, 1.165) is 13.1 Å². The number of anilines is 2. The molecule has 0 bridgehead atoms. The fourth-order valence-electron chi connectivity index (χ4n) is 2.21. The zero-order valence-corrected chi connectivity index (χ0v) is 13.4. The SMILES string of the molecule is CCNc1nc(NCC(C(C)C)C(C)C)nc(OC)n1. The fourth-order valence-corrected chi connectivity index (χ4v) is 2.21. The summed E-state index contributed by atoms with van der Waals surface area (Å²) >= 11 is 0. The predicted octanol–water partition coefficient (Wildman–Crippen LogP) is 2.65. The minimum atomic E-state index is 0.323. The number of hydrogen-bond donors (Lipinski definition) is 2. The quantitative estimate of drug-likeness (QED) is 0.763. The molecule has 6 nitrogen and oxygen atoms in total. The van der Waals surface area contributed by atoms with Crippen LogP contribution in [0.3, 0.4) is 0 Å². The minimum Gasteiger partial charge on any atom is -0.467 e. The normalized spacial score (nSPS) is 11.2. The third-order valence-electron chi connectivity index (χ3n) is 3.34. The molecule has 2 N–H and O–H groups in total. The number of ether oxygens (including phenoxy) is 1. The zero-order chi connectivity index (χ0) is 15.1. The Labute approximate surface area is 121 Å². The molecule has 6 heteroatoms. The fraction of sp³-hybridized carbons (Fsp3) is 0.786. The summed E-state index contributed by atoms with van der Waals surface area (Å²) in [4.78, 5) is 12.7. The molecule has 114 valence electrons. The molecule has 0 amide bonds. The van der Waals surface area contributed by atoms with E-state index in [9.17, 15) is 0 Å². The topological polar surface area (TPSA) is 72.0 Å². The first-order valence-corrected chi connectivity index (χ1v) is 7.25. The Kier molecular flexibility index (Phi) is 6.48. The van der Waals surface area contributed by atoms with Crippen LogP contribution in [0.1, 0.15) is 34.6 Å². The summed E-state index contributed by atoms with van der Waals surface area (Å²) in [5, 5.41) is 6.37. The van der Waals surface area contributed by atoms with Gasteiger partial charge in [0.05, 0.1) is 7.11 Å². The predicted molar refractivity (Wildman–Crippen MR) is 82.2 cm³/mol. The maximum atomic E-state index is 5.10. The molecule has 0 atom stereocenters. The van der Waals surface area contributed by atoms with Gasteiger partial charge in [-0.05, 0) is 24.7 Å². The van der Waals surface area contributed by atoms with Gasteiger partial charge in [0.15, 0.2) is 0 Å². The molecule has 0 aliphatic carbocycles. The van der Waals surface area contributed by atoms with Crippen molar-refractivity contribution in [2.45, 2.75) is 34.6 Å². The molecule has 0 aliphatic rings. The molecule has 20 heavy (non-hydrogen) atoms. The van der Waals surface area contributed by atoms with Crippen molar-refractivity contribution in [3.05, 3.63) is 0 Å². The highest BCUT2D eigenvalue weighted by atomic mass is 16.5. The molecule has 1 rings (SSSR count). The van der Waals surface area contributed by atoms with Gasteiger partial charge >= 0.3 is 6.01 Å². The van der Waals surface area contributed by atoms with Crippen LogP contribution in [0.2, 0.25) is 0 Å². The van der Waals surface area contributed by atoms with Crippen LogP contribution in [0.15, 0.2) is 0 Å². The summed E-state index contributed by atoms with van der Waals surface area (Å²) in [5.41, 5.74) is 0. The molecule has 0 saturated heterocycles. The van der Waals surface area contributed by atoms with Gasteiger partial charge in [-0.15, -0.1) is 0 Å². The molecular formula is C14H27N5O. The Balaban J connectivity index is 2.77. The molecule has 0 radical (unpaired) electrons. The van der Waals surface area contributed by atoms with Crippen LogP contribution in [0.5, 0.6) is 6.01 Å². The highest BCUT2D eigenvalue weighted by Crippen LogP contribution is 2.21. The number of rotatable bonds is 8. The van der Waals surface area contributed by atoms with Crippen molar-refractivity contribution in [3.8, 4) is 6.01 Å². The lowest BCUT2D eigenvalue weighted by atomic mass is 9.85. The molecule has 0 unspecified atom stereocenters. The van der Waals surface area contributed by atoms with E-state index in [1.54, 1.807) is 7.11 Å². The van der Waals surface area contributed by atoms with Gasteiger partial charge in [0, 0.05) is 13.1 Å². The van der Waals surface area contributed by atoms with Gasteiger partial charge < -0.3 is 15.4 Å². The third-order valence-corrected chi connectivity index (χ3v) is 3.34. The Morgan fingerprint density at radius 2 is 1.50 bits per heavy atom. The molecule has 0 saturated carbocycles. The van der Waals surface area contributed by atoms with Crippen molar-refractivity contribution in [1.82, 2.24) is 15.0 Å². The monoisotopic (exact) mass is 281 g/mol. The second kappa shape index (κ2) is 7.87. The molecule has 0 spiro atoms. The Morgan fingerprint density at radius 1 is 0.950 bits per heavy atom. The van der Waals surface area contributed by atoms with Crippen LogP contribution in [-0.2, 0) is 0 Å². The lowest BCUT2D eigenvalue weighted by Crippen LogP contribution is -2.25. The second-order valence-electron chi connectivity index (χ2n) is 5.53. The van der Waals surface area contributed by atoms with E-state index in [2.05, 4.69) is 53.3 Å². The highest BCUT2D eigenvalue weighted by molar-refractivity contribution is 5.35. The van der Waals surface area contributed by atoms with Gasteiger partial charge in [0.2, 0.25) is 11.9 Å². The Hall–Kier alpha value is -1.59. The first-order chi connectivity index (χ1) is 9.47. The van der Waals surface area contributed by atoms with E-state index >= 15 is 0 Å². The third kappa shape index (κ3) is 4.83. The first-order valence-electron chi connectivity index (χ1n) is 7.25. The lowest BCUT2D eigenvalue weighted by molar-refractivity contribution is 0.303. The van der Waals surface area contributed by atoms with Crippen molar-refractivity contribution in [2.24, 2.45) is 17.8 Å². The van der Waals surface area contributed by atoms with Crippen LogP contribution >= 0.6 is 0 Å². The Bertz CT molecular complexity index is 401. The average molecular weight is 281 g/mol. The van der Waals surface area contributed by atoms with E-state index in [1.807, 2.05) is 6.92 Å². The summed E-state index contributed by atoms with van der Waals surface area (Å²) in [6.45, 7) is 12.6. The van der Waals surface area contributed by atoms with Crippen molar-refractivity contribution in [2.75, 3.05) is 30.8 Å². The van der Waals surface area contributed by atoms with Crippen molar-refractivity contribution < 1.29 is 4.74 Å². The summed E-state index contributed by atoms with van der Waals surface area (Å²) < 4.78 is 5.10. The summed E-state index contributed by atoms with van der Waals surface area (Å²) in [5.74, 6) is 2.88. The Morgan fingerprint density at radius 3 is 1.95 bits per heavy atom. The molecule has 0 fully saturated rings. The number of methoxy groups -OCH3 is 1. The summed E-state index contributed by atoms with van der Waals surface area (Å²) in [6, 6.07) is 0.323. The van der Waals surface area contributed by atoms with E-state index in [4.69, 9.17) is 4.74 Å². The van der Waals surface area contributed by atoms with Gasteiger partial charge in [-0.25, -0.2) is 0 Å². The van der Waals surface area contributed by atoms with Gasteiger partial charge in [-0.2, -0.15) is 15.0 Å². The lowest BCUT2D eigenvalue weighted by Gasteiger charge is -2.25. The van der Waals surface area contributed by atoms with Gasteiger partial charge in [-0.1, -0.05) is 27.7 Å².